The Hall–Kier alpha value is -0.180. The summed E-state index contributed by atoms with van der Waals surface area (Å²) < 4.78 is 0. The van der Waals surface area contributed by atoms with E-state index in [9.17, 15) is 0 Å². The average molecular weight is 284 g/mol. The maximum atomic E-state index is 6.37. The van der Waals surface area contributed by atoms with Gasteiger partial charge in [-0.1, -0.05) is 43.5 Å². The monoisotopic (exact) mass is 283 g/mol. The van der Waals surface area contributed by atoms with E-state index in [1.807, 2.05) is 17.8 Å². The standard InChI is InChI=1S/C15H22ClNS/c1-2-10-17-11-12-6-5-9-14(16)15(12)18-13-7-3-4-8-13/h5-6,9,13,17H,2-4,7-8,10-11H2,1H3. The first kappa shape index (κ1) is 14.2. The van der Waals surface area contributed by atoms with Crippen LogP contribution in [0.3, 0.4) is 0 Å². The van der Waals surface area contributed by atoms with E-state index in [0.29, 0.717) is 0 Å². The van der Waals surface area contributed by atoms with E-state index in [0.717, 1.165) is 23.4 Å². The van der Waals surface area contributed by atoms with Crippen LogP contribution in [0.2, 0.25) is 5.02 Å². The highest BCUT2D eigenvalue weighted by Gasteiger charge is 2.19. The first-order valence-electron chi connectivity index (χ1n) is 6.96. The second-order valence-corrected chi connectivity index (χ2v) is 6.65. The maximum absolute atomic E-state index is 6.37. The number of nitrogens with one attached hydrogen (secondary N) is 1. The fraction of sp³-hybridized carbons (Fsp3) is 0.600. The summed E-state index contributed by atoms with van der Waals surface area (Å²) in [6, 6.07) is 6.28. The highest BCUT2D eigenvalue weighted by molar-refractivity contribution is 8.00. The zero-order chi connectivity index (χ0) is 12.8. The molecule has 1 aliphatic rings. The molecule has 100 valence electrons. The molecule has 1 aliphatic carbocycles. The van der Waals surface area contributed by atoms with Gasteiger partial charge in [0, 0.05) is 16.7 Å². The minimum Gasteiger partial charge on any atom is -0.313 e. The van der Waals surface area contributed by atoms with Gasteiger partial charge in [-0.2, -0.15) is 0 Å². The van der Waals surface area contributed by atoms with Crippen molar-refractivity contribution in [3.05, 3.63) is 28.8 Å². The van der Waals surface area contributed by atoms with E-state index in [2.05, 4.69) is 24.4 Å². The van der Waals surface area contributed by atoms with Crippen LogP contribution in [0, 0.1) is 0 Å². The van der Waals surface area contributed by atoms with Crippen molar-refractivity contribution < 1.29 is 0 Å². The molecular formula is C15H22ClNS. The summed E-state index contributed by atoms with van der Waals surface area (Å²) in [6.07, 6.45) is 6.62. The van der Waals surface area contributed by atoms with Gasteiger partial charge < -0.3 is 5.32 Å². The molecule has 0 amide bonds. The predicted molar refractivity (Wildman–Crippen MR) is 81.6 cm³/mol. The zero-order valence-corrected chi connectivity index (χ0v) is 12.6. The molecule has 0 bridgehead atoms. The molecule has 1 nitrogen and oxygen atoms in total. The molecule has 2 rings (SSSR count). The van der Waals surface area contributed by atoms with Gasteiger partial charge in [0.05, 0.1) is 5.02 Å². The molecule has 0 aromatic heterocycles. The van der Waals surface area contributed by atoms with Crippen LogP contribution in [0.1, 0.15) is 44.6 Å². The average Bonchev–Trinajstić information content (AvgIpc) is 2.86. The van der Waals surface area contributed by atoms with Gasteiger partial charge in [0.2, 0.25) is 0 Å². The third-order valence-corrected chi connectivity index (χ3v) is 5.33. The van der Waals surface area contributed by atoms with Crippen molar-refractivity contribution in [3.8, 4) is 0 Å². The first-order chi connectivity index (χ1) is 8.81. The molecule has 0 spiro atoms. The highest BCUT2D eigenvalue weighted by atomic mass is 35.5. The molecular weight excluding hydrogens is 262 g/mol. The SMILES string of the molecule is CCCNCc1cccc(Cl)c1SC1CCCC1. The summed E-state index contributed by atoms with van der Waals surface area (Å²) >= 11 is 8.36. The third kappa shape index (κ3) is 3.91. The van der Waals surface area contributed by atoms with E-state index in [4.69, 9.17) is 11.6 Å². The summed E-state index contributed by atoms with van der Waals surface area (Å²) in [5.41, 5.74) is 1.35. The quantitative estimate of drug-likeness (QED) is 0.747. The van der Waals surface area contributed by atoms with E-state index < -0.39 is 0 Å². The van der Waals surface area contributed by atoms with Crippen LogP contribution in [0.4, 0.5) is 0 Å². The van der Waals surface area contributed by atoms with Gasteiger partial charge in [-0.05, 0) is 37.4 Å². The molecule has 1 aromatic rings. The van der Waals surface area contributed by atoms with Gasteiger partial charge in [-0.3, -0.25) is 0 Å². The fourth-order valence-corrected chi connectivity index (χ4v) is 4.10. The molecule has 0 aliphatic heterocycles. The van der Waals surface area contributed by atoms with Crippen LogP contribution in [0.5, 0.6) is 0 Å². The Bertz CT molecular complexity index is 375. The van der Waals surface area contributed by atoms with Gasteiger partial charge in [0.15, 0.2) is 0 Å². The largest absolute Gasteiger partial charge is 0.313 e. The van der Waals surface area contributed by atoms with Crippen LogP contribution in [0.15, 0.2) is 23.1 Å². The lowest BCUT2D eigenvalue weighted by molar-refractivity contribution is 0.669. The summed E-state index contributed by atoms with van der Waals surface area (Å²) in [6.45, 7) is 4.20. The minimum absolute atomic E-state index is 0.773. The van der Waals surface area contributed by atoms with Crippen LogP contribution >= 0.6 is 23.4 Å². The summed E-state index contributed by atoms with van der Waals surface area (Å²) in [4.78, 5) is 1.30. The van der Waals surface area contributed by atoms with Crippen molar-refractivity contribution in [1.82, 2.24) is 5.32 Å². The topological polar surface area (TPSA) is 12.0 Å². The van der Waals surface area contributed by atoms with Crippen molar-refractivity contribution in [2.24, 2.45) is 0 Å². The van der Waals surface area contributed by atoms with Crippen LogP contribution in [-0.2, 0) is 6.54 Å². The smallest absolute Gasteiger partial charge is 0.0545 e. The Morgan fingerprint density at radius 2 is 2.11 bits per heavy atom. The Kier molecular flexibility index (Phi) is 5.87. The molecule has 1 fully saturated rings. The molecule has 3 heteroatoms. The summed E-state index contributed by atoms with van der Waals surface area (Å²) in [5.74, 6) is 0. The van der Waals surface area contributed by atoms with Crippen molar-refractivity contribution in [3.63, 3.8) is 0 Å². The number of hydrogen-bond acceptors (Lipinski definition) is 2. The van der Waals surface area contributed by atoms with Crippen molar-refractivity contribution in [2.45, 2.75) is 55.7 Å². The van der Waals surface area contributed by atoms with Crippen LogP contribution in [0.25, 0.3) is 0 Å². The normalized spacial score (nSPS) is 16.3. The zero-order valence-electron chi connectivity index (χ0n) is 11.0. The van der Waals surface area contributed by atoms with E-state index >= 15 is 0 Å². The number of rotatable bonds is 6. The Morgan fingerprint density at radius 1 is 1.33 bits per heavy atom. The van der Waals surface area contributed by atoms with Crippen LogP contribution in [-0.4, -0.2) is 11.8 Å². The molecule has 0 unspecified atom stereocenters. The summed E-state index contributed by atoms with van der Waals surface area (Å²) in [7, 11) is 0. The molecule has 1 saturated carbocycles. The van der Waals surface area contributed by atoms with Gasteiger partial charge in [0.25, 0.3) is 0 Å². The van der Waals surface area contributed by atoms with Crippen LogP contribution < -0.4 is 5.32 Å². The third-order valence-electron chi connectivity index (χ3n) is 3.38. The molecule has 1 N–H and O–H groups in total. The van der Waals surface area contributed by atoms with Gasteiger partial charge >= 0.3 is 0 Å². The van der Waals surface area contributed by atoms with Gasteiger partial charge in [-0.15, -0.1) is 11.8 Å². The Labute approximate surface area is 120 Å². The fourth-order valence-electron chi connectivity index (χ4n) is 2.40. The van der Waals surface area contributed by atoms with E-state index in [-0.39, 0.29) is 0 Å². The van der Waals surface area contributed by atoms with Crippen molar-refractivity contribution in [1.29, 1.82) is 0 Å². The van der Waals surface area contributed by atoms with E-state index in [1.165, 1.54) is 42.6 Å². The molecule has 0 radical (unpaired) electrons. The number of thioether (sulfide) groups is 1. The highest BCUT2D eigenvalue weighted by Crippen LogP contribution is 2.39. The number of halogens is 1. The Balaban J connectivity index is 2.05. The molecule has 0 heterocycles. The van der Waals surface area contributed by atoms with Crippen molar-refractivity contribution >= 4 is 23.4 Å². The second-order valence-electron chi connectivity index (χ2n) is 4.93. The number of hydrogen-bond donors (Lipinski definition) is 1. The molecule has 0 atom stereocenters. The second kappa shape index (κ2) is 7.42. The molecule has 0 saturated heterocycles. The Morgan fingerprint density at radius 3 is 2.83 bits per heavy atom. The predicted octanol–water partition coefficient (Wildman–Crippen LogP) is 4.87. The lowest BCUT2D eigenvalue weighted by Crippen LogP contribution is -2.14. The lowest BCUT2D eigenvalue weighted by atomic mass is 10.2. The van der Waals surface area contributed by atoms with E-state index in [1.54, 1.807) is 0 Å². The van der Waals surface area contributed by atoms with Gasteiger partial charge in [0.1, 0.15) is 0 Å². The molecule has 18 heavy (non-hydrogen) atoms. The molecule has 1 aromatic carbocycles. The maximum Gasteiger partial charge on any atom is 0.0545 e. The van der Waals surface area contributed by atoms with Gasteiger partial charge in [-0.25, -0.2) is 0 Å². The minimum atomic E-state index is 0.773. The number of benzene rings is 1. The first-order valence-corrected chi connectivity index (χ1v) is 8.21. The van der Waals surface area contributed by atoms with Crippen molar-refractivity contribution in [2.75, 3.05) is 6.54 Å². The summed E-state index contributed by atoms with van der Waals surface area (Å²) in [5, 5.41) is 5.16. The lowest BCUT2D eigenvalue weighted by Gasteiger charge is -2.15.